The highest BCUT2D eigenvalue weighted by Crippen LogP contribution is 2.33. The molecule has 0 aliphatic rings. The van der Waals surface area contributed by atoms with Gasteiger partial charge in [0.15, 0.2) is 0 Å². The second-order valence-electron chi connectivity index (χ2n) is 5.10. The highest BCUT2D eigenvalue weighted by molar-refractivity contribution is 9.11. The maximum atomic E-state index is 5.22. The summed E-state index contributed by atoms with van der Waals surface area (Å²) >= 11 is 7.14. The van der Waals surface area contributed by atoms with E-state index in [9.17, 15) is 0 Å². The van der Waals surface area contributed by atoms with Gasteiger partial charge in [0.05, 0.1) is 30.0 Å². The summed E-state index contributed by atoms with van der Waals surface area (Å²) in [6.45, 7) is 0. The van der Waals surface area contributed by atoms with E-state index in [0.29, 0.717) is 0 Å². The van der Waals surface area contributed by atoms with Crippen molar-refractivity contribution in [2.45, 2.75) is 0 Å². The minimum Gasteiger partial charge on any atom is -0.497 e. The van der Waals surface area contributed by atoms with E-state index in [1.54, 1.807) is 7.11 Å². The Hall–Kier alpha value is -1.92. The molecule has 23 heavy (non-hydrogen) atoms. The second kappa shape index (κ2) is 5.62. The third-order valence-corrected chi connectivity index (χ3v) is 4.79. The monoisotopic (exact) mass is 431 g/mol. The number of aromatic nitrogens is 3. The number of hydrogen-bond donors (Lipinski definition) is 0. The Balaban J connectivity index is 2.05. The van der Waals surface area contributed by atoms with Crippen LogP contribution >= 0.6 is 31.9 Å². The van der Waals surface area contributed by atoms with E-state index in [4.69, 9.17) is 4.74 Å². The molecule has 0 atom stereocenters. The van der Waals surface area contributed by atoms with Crippen LogP contribution in [-0.4, -0.2) is 21.9 Å². The zero-order chi connectivity index (χ0) is 16.0. The number of nitrogens with zero attached hydrogens (tertiary/aromatic N) is 3. The van der Waals surface area contributed by atoms with Gasteiger partial charge in [-0.25, -0.2) is 4.68 Å². The molecule has 0 N–H and O–H groups in total. The van der Waals surface area contributed by atoms with Gasteiger partial charge in [0.1, 0.15) is 5.75 Å². The number of pyridine rings is 1. The predicted molar refractivity (Wildman–Crippen MR) is 98.3 cm³/mol. The van der Waals surface area contributed by atoms with E-state index >= 15 is 0 Å². The van der Waals surface area contributed by atoms with Crippen molar-refractivity contribution in [1.29, 1.82) is 0 Å². The highest BCUT2D eigenvalue weighted by Gasteiger charge is 2.12. The van der Waals surface area contributed by atoms with Crippen LogP contribution in [0.2, 0.25) is 0 Å². The first kappa shape index (κ1) is 14.7. The van der Waals surface area contributed by atoms with Crippen molar-refractivity contribution < 1.29 is 4.74 Å². The maximum Gasteiger partial charge on any atom is 0.119 e. The van der Waals surface area contributed by atoms with E-state index in [1.165, 1.54) is 0 Å². The zero-order valence-corrected chi connectivity index (χ0v) is 15.3. The molecule has 2 aromatic heterocycles. The fourth-order valence-corrected chi connectivity index (χ4v) is 3.98. The normalized spacial score (nSPS) is 11.3. The largest absolute Gasteiger partial charge is 0.497 e. The first-order valence-corrected chi connectivity index (χ1v) is 8.52. The van der Waals surface area contributed by atoms with Gasteiger partial charge in [0.25, 0.3) is 0 Å². The molecule has 0 unspecified atom stereocenters. The third kappa shape index (κ3) is 2.42. The Morgan fingerprint density at radius 2 is 1.83 bits per heavy atom. The summed E-state index contributed by atoms with van der Waals surface area (Å²) in [5, 5.41) is 6.57. The number of fused-ring (bicyclic) bond motifs is 3. The Morgan fingerprint density at radius 3 is 2.57 bits per heavy atom. The molecular weight excluding hydrogens is 422 g/mol. The summed E-state index contributed by atoms with van der Waals surface area (Å²) in [5.41, 5.74) is 2.92. The van der Waals surface area contributed by atoms with Gasteiger partial charge in [-0.05, 0) is 52.3 Å². The number of methoxy groups -OCH3 is 1. The molecule has 0 bridgehead atoms. The fraction of sp³-hybridized carbons (Fsp3) is 0.0588. The summed E-state index contributed by atoms with van der Waals surface area (Å²) in [7, 11) is 1.66. The second-order valence-corrected chi connectivity index (χ2v) is 6.87. The molecule has 0 aliphatic carbocycles. The Bertz CT molecular complexity index is 1030. The number of ether oxygens (including phenoxy) is 1. The number of rotatable bonds is 2. The van der Waals surface area contributed by atoms with Crippen LogP contribution in [0.5, 0.6) is 5.75 Å². The van der Waals surface area contributed by atoms with Crippen LogP contribution < -0.4 is 4.74 Å². The Morgan fingerprint density at radius 1 is 1.04 bits per heavy atom. The van der Waals surface area contributed by atoms with Gasteiger partial charge >= 0.3 is 0 Å². The smallest absolute Gasteiger partial charge is 0.119 e. The van der Waals surface area contributed by atoms with Crippen molar-refractivity contribution in [1.82, 2.24) is 14.8 Å². The van der Waals surface area contributed by atoms with Gasteiger partial charge in [-0.2, -0.15) is 5.10 Å². The summed E-state index contributed by atoms with van der Waals surface area (Å²) in [4.78, 5) is 4.54. The summed E-state index contributed by atoms with van der Waals surface area (Å²) in [6, 6.07) is 11.9. The molecule has 4 rings (SSSR count). The molecule has 0 amide bonds. The fourth-order valence-electron chi connectivity index (χ4n) is 2.66. The van der Waals surface area contributed by atoms with Crippen molar-refractivity contribution in [2.75, 3.05) is 7.11 Å². The molecule has 2 aromatic carbocycles. The van der Waals surface area contributed by atoms with E-state index in [1.807, 2.05) is 47.4 Å². The maximum absolute atomic E-state index is 5.22. The van der Waals surface area contributed by atoms with Crippen LogP contribution in [0.3, 0.4) is 0 Å². The van der Waals surface area contributed by atoms with Crippen LogP contribution in [0.15, 0.2) is 57.7 Å². The van der Waals surface area contributed by atoms with Crippen LogP contribution in [0.25, 0.3) is 27.5 Å². The molecular formula is C17H11Br2N3O. The van der Waals surface area contributed by atoms with Gasteiger partial charge in [-0.15, -0.1) is 0 Å². The van der Waals surface area contributed by atoms with Crippen LogP contribution in [0.4, 0.5) is 0 Å². The van der Waals surface area contributed by atoms with Crippen LogP contribution in [0.1, 0.15) is 0 Å². The van der Waals surface area contributed by atoms with E-state index in [-0.39, 0.29) is 0 Å². The summed E-state index contributed by atoms with van der Waals surface area (Å²) in [5.74, 6) is 0.822. The lowest BCUT2D eigenvalue weighted by atomic mass is 10.1. The molecule has 114 valence electrons. The molecule has 4 nitrogen and oxygen atoms in total. The lowest BCUT2D eigenvalue weighted by Crippen LogP contribution is -1.97. The molecule has 0 spiro atoms. The van der Waals surface area contributed by atoms with E-state index in [2.05, 4.69) is 48.0 Å². The SMILES string of the molecule is COc1ccc(-n2ncc3cnc4c(Br)cc(Br)cc4c32)cc1. The van der Waals surface area contributed by atoms with Crippen LogP contribution in [-0.2, 0) is 0 Å². The predicted octanol–water partition coefficient (Wildman–Crippen LogP) is 5.11. The minimum absolute atomic E-state index is 0.822. The minimum atomic E-state index is 0.822. The van der Waals surface area contributed by atoms with E-state index in [0.717, 1.165) is 42.2 Å². The van der Waals surface area contributed by atoms with Crippen molar-refractivity contribution in [3.05, 3.63) is 57.7 Å². The molecule has 0 fully saturated rings. The standard InChI is InChI=1S/C17H11Br2N3O/c1-23-13-4-2-12(3-5-13)22-17-10(9-21-22)8-20-16-14(17)6-11(18)7-15(16)19/h2-9H,1H3. The van der Waals surface area contributed by atoms with Gasteiger partial charge < -0.3 is 4.74 Å². The molecule has 4 aromatic rings. The molecule has 0 aliphatic heterocycles. The van der Waals surface area contributed by atoms with E-state index < -0.39 is 0 Å². The van der Waals surface area contributed by atoms with Gasteiger partial charge in [-0.1, -0.05) is 15.9 Å². The number of halogens is 2. The first-order valence-electron chi connectivity index (χ1n) is 6.93. The average Bonchev–Trinajstić information content (AvgIpc) is 2.99. The molecule has 2 heterocycles. The molecule has 0 saturated carbocycles. The molecule has 6 heteroatoms. The zero-order valence-electron chi connectivity index (χ0n) is 12.1. The molecule has 0 saturated heterocycles. The van der Waals surface area contributed by atoms with Gasteiger partial charge in [0, 0.05) is 25.9 Å². The molecule has 0 radical (unpaired) electrons. The van der Waals surface area contributed by atoms with Crippen molar-refractivity contribution in [3.8, 4) is 11.4 Å². The summed E-state index contributed by atoms with van der Waals surface area (Å²) in [6.07, 6.45) is 3.68. The lowest BCUT2D eigenvalue weighted by molar-refractivity contribution is 0.414. The Labute approximate surface area is 149 Å². The van der Waals surface area contributed by atoms with Crippen molar-refractivity contribution in [2.24, 2.45) is 0 Å². The van der Waals surface area contributed by atoms with Crippen molar-refractivity contribution in [3.63, 3.8) is 0 Å². The van der Waals surface area contributed by atoms with Crippen LogP contribution in [0, 0.1) is 0 Å². The first-order chi connectivity index (χ1) is 11.2. The third-order valence-electron chi connectivity index (χ3n) is 3.73. The quantitative estimate of drug-likeness (QED) is 0.442. The average molecular weight is 433 g/mol. The summed E-state index contributed by atoms with van der Waals surface area (Å²) < 4.78 is 9.10. The number of benzene rings is 2. The Kier molecular flexibility index (Phi) is 3.58. The lowest BCUT2D eigenvalue weighted by Gasteiger charge is -2.08. The number of hydrogen-bond acceptors (Lipinski definition) is 3. The highest BCUT2D eigenvalue weighted by atomic mass is 79.9. The topological polar surface area (TPSA) is 39.9 Å². The van der Waals surface area contributed by atoms with Gasteiger partial charge in [0.2, 0.25) is 0 Å². The van der Waals surface area contributed by atoms with Gasteiger partial charge in [-0.3, -0.25) is 4.98 Å². The van der Waals surface area contributed by atoms with Crippen molar-refractivity contribution >= 4 is 53.7 Å².